The van der Waals surface area contributed by atoms with Crippen molar-refractivity contribution >= 4 is 0 Å². The van der Waals surface area contributed by atoms with E-state index in [1.165, 1.54) is 5.56 Å². The van der Waals surface area contributed by atoms with E-state index in [4.69, 9.17) is 13.9 Å². The Bertz CT molecular complexity index is 563. The summed E-state index contributed by atoms with van der Waals surface area (Å²) in [4.78, 5) is 0. The molecule has 2 aromatic rings. The summed E-state index contributed by atoms with van der Waals surface area (Å²) in [6.45, 7) is 6.88. The third-order valence-electron chi connectivity index (χ3n) is 3.28. The molecule has 0 aliphatic heterocycles. The van der Waals surface area contributed by atoms with Gasteiger partial charge in [-0.05, 0) is 37.2 Å². The molecule has 21 heavy (non-hydrogen) atoms. The summed E-state index contributed by atoms with van der Waals surface area (Å²) in [7, 11) is 1.66. The van der Waals surface area contributed by atoms with Gasteiger partial charge >= 0.3 is 0 Å². The van der Waals surface area contributed by atoms with Gasteiger partial charge in [0.1, 0.15) is 23.9 Å². The van der Waals surface area contributed by atoms with Gasteiger partial charge in [-0.25, -0.2) is 0 Å². The largest absolute Gasteiger partial charge is 0.497 e. The van der Waals surface area contributed by atoms with E-state index in [0.29, 0.717) is 13.2 Å². The van der Waals surface area contributed by atoms with E-state index in [-0.39, 0.29) is 0 Å². The molecule has 0 fully saturated rings. The van der Waals surface area contributed by atoms with Crippen LogP contribution in [0.5, 0.6) is 5.75 Å². The molecule has 1 heterocycles. The second-order valence-electron chi connectivity index (χ2n) is 4.92. The number of benzene rings is 1. The molecule has 114 valence electrons. The molecule has 0 radical (unpaired) electrons. The lowest BCUT2D eigenvalue weighted by atomic mass is 10.2. The van der Waals surface area contributed by atoms with E-state index in [1.54, 1.807) is 7.11 Å². The zero-order valence-electron chi connectivity index (χ0n) is 12.9. The number of hydrogen-bond donors (Lipinski definition) is 1. The van der Waals surface area contributed by atoms with Crippen molar-refractivity contribution in [2.45, 2.75) is 33.6 Å². The topological polar surface area (TPSA) is 43.6 Å². The van der Waals surface area contributed by atoms with Gasteiger partial charge in [0.2, 0.25) is 0 Å². The third-order valence-corrected chi connectivity index (χ3v) is 3.28. The first-order chi connectivity index (χ1) is 10.2. The predicted molar refractivity (Wildman–Crippen MR) is 82.3 cm³/mol. The molecule has 0 aliphatic rings. The molecule has 0 bridgehead atoms. The van der Waals surface area contributed by atoms with Gasteiger partial charge in [-0.15, -0.1) is 0 Å². The summed E-state index contributed by atoms with van der Waals surface area (Å²) >= 11 is 0. The molecule has 0 atom stereocenters. The van der Waals surface area contributed by atoms with Gasteiger partial charge < -0.3 is 19.2 Å². The molecule has 1 aromatic heterocycles. The Labute approximate surface area is 126 Å². The fourth-order valence-electron chi connectivity index (χ4n) is 2.13. The number of nitrogens with one attached hydrogen (secondary N) is 1. The van der Waals surface area contributed by atoms with Gasteiger partial charge in [0.15, 0.2) is 0 Å². The fourth-order valence-corrected chi connectivity index (χ4v) is 2.13. The summed E-state index contributed by atoms with van der Waals surface area (Å²) in [5, 5.41) is 3.30. The van der Waals surface area contributed by atoms with Gasteiger partial charge in [-0.2, -0.15) is 0 Å². The van der Waals surface area contributed by atoms with Crippen molar-refractivity contribution in [2.75, 3.05) is 13.7 Å². The molecule has 4 nitrogen and oxygen atoms in total. The van der Waals surface area contributed by atoms with Crippen LogP contribution in [0.1, 0.15) is 29.6 Å². The quantitative estimate of drug-likeness (QED) is 0.808. The molecule has 0 saturated carbocycles. The molecule has 2 rings (SSSR count). The van der Waals surface area contributed by atoms with Gasteiger partial charge in [0.05, 0.1) is 13.7 Å². The van der Waals surface area contributed by atoms with Crippen LogP contribution >= 0.6 is 0 Å². The van der Waals surface area contributed by atoms with E-state index >= 15 is 0 Å². The van der Waals surface area contributed by atoms with Gasteiger partial charge in [-0.1, -0.05) is 19.1 Å². The highest BCUT2D eigenvalue weighted by Gasteiger charge is 2.07. The van der Waals surface area contributed by atoms with Gasteiger partial charge in [-0.3, -0.25) is 0 Å². The Morgan fingerprint density at radius 3 is 2.81 bits per heavy atom. The highest BCUT2D eigenvalue weighted by atomic mass is 16.5. The van der Waals surface area contributed by atoms with Crippen LogP contribution in [0.3, 0.4) is 0 Å². The maximum atomic E-state index is 5.71. The minimum atomic E-state index is 0.476. The number of aryl methyl sites for hydroxylation is 1. The van der Waals surface area contributed by atoms with E-state index in [1.807, 2.05) is 31.2 Å². The van der Waals surface area contributed by atoms with E-state index < -0.39 is 0 Å². The molecular weight excluding hydrogens is 266 g/mol. The predicted octanol–water partition coefficient (Wildman–Crippen LogP) is 3.42. The zero-order valence-corrected chi connectivity index (χ0v) is 12.9. The van der Waals surface area contributed by atoms with Crippen LogP contribution in [0, 0.1) is 6.92 Å². The monoisotopic (exact) mass is 289 g/mol. The van der Waals surface area contributed by atoms with Gasteiger partial charge in [0.25, 0.3) is 0 Å². The standard InChI is InChI=1S/C17H23NO3/c1-4-18-10-15-9-17(21-13(15)2)12-20-11-14-6-5-7-16(8-14)19-3/h5-9,18H,4,10-12H2,1-3H3. The lowest BCUT2D eigenvalue weighted by Crippen LogP contribution is -2.11. The Kier molecular flexibility index (Phi) is 5.84. The summed E-state index contributed by atoms with van der Waals surface area (Å²) in [5.74, 6) is 2.66. The lowest BCUT2D eigenvalue weighted by Gasteiger charge is -2.05. The number of methoxy groups -OCH3 is 1. The van der Waals surface area contributed by atoms with Crippen molar-refractivity contribution in [1.29, 1.82) is 0 Å². The Balaban J connectivity index is 1.85. The fraction of sp³-hybridized carbons (Fsp3) is 0.412. The van der Waals surface area contributed by atoms with Crippen LogP contribution in [0.25, 0.3) is 0 Å². The van der Waals surface area contributed by atoms with Gasteiger partial charge in [0, 0.05) is 12.1 Å². The summed E-state index contributed by atoms with van der Waals surface area (Å²) in [6.07, 6.45) is 0. The van der Waals surface area contributed by atoms with Crippen molar-refractivity contribution in [3.8, 4) is 5.75 Å². The first-order valence-electron chi connectivity index (χ1n) is 7.22. The lowest BCUT2D eigenvalue weighted by molar-refractivity contribution is 0.0922. The molecule has 4 heteroatoms. The molecule has 0 aliphatic carbocycles. The van der Waals surface area contributed by atoms with Crippen LogP contribution in [0.15, 0.2) is 34.7 Å². The van der Waals surface area contributed by atoms with Crippen LogP contribution in [0.2, 0.25) is 0 Å². The maximum Gasteiger partial charge on any atom is 0.130 e. The Hall–Kier alpha value is -1.78. The number of rotatable bonds is 8. The van der Waals surface area contributed by atoms with Crippen molar-refractivity contribution < 1.29 is 13.9 Å². The number of ether oxygens (including phenoxy) is 2. The van der Waals surface area contributed by atoms with E-state index in [9.17, 15) is 0 Å². The average Bonchev–Trinajstić information content (AvgIpc) is 2.85. The van der Waals surface area contributed by atoms with Crippen LogP contribution in [-0.2, 0) is 24.5 Å². The summed E-state index contributed by atoms with van der Waals surface area (Å²) < 4.78 is 16.6. The average molecular weight is 289 g/mol. The second kappa shape index (κ2) is 7.86. The Morgan fingerprint density at radius 1 is 1.19 bits per heavy atom. The smallest absolute Gasteiger partial charge is 0.130 e. The van der Waals surface area contributed by atoms with Crippen molar-refractivity contribution in [3.63, 3.8) is 0 Å². The Morgan fingerprint density at radius 2 is 2.05 bits per heavy atom. The highest BCUT2D eigenvalue weighted by molar-refractivity contribution is 5.28. The molecule has 0 spiro atoms. The van der Waals surface area contributed by atoms with Crippen LogP contribution in [-0.4, -0.2) is 13.7 Å². The molecule has 1 N–H and O–H groups in total. The molecule has 0 unspecified atom stereocenters. The molecule has 0 amide bonds. The number of hydrogen-bond acceptors (Lipinski definition) is 4. The van der Waals surface area contributed by atoms with Crippen molar-refractivity contribution in [1.82, 2.24) is 5.32 Å². The van der Waals surface area contributed by atoms with Crippen LogP contribution in [0.4, 0.5) is 0 Å². The molecule has 0 saturated heterocycles. The molecular formula is C17H23NO3. The van der Waals surface area contributed by atoms with E-state index in [0.717, 1.165) is 35.9 Å². The van der Waals surface area contributed by atoms with Crippen LogP contribution < -0.4 is 10.1 Å². The SMILES string of the molecule is CCNCc1cc(COCc2cccc(OC)c2)oc1C. The van der Waals surface area contributed by atoms with Crippen molar-refractivity contribution in [2.24, 2.45) is 0 Å². The second-order valence-corrected chi connectivity index (χ2v) is 4.92. The maximum absolute atomic E-state index is 5.71. The number of furan rings is 1. The summed E-state index contributed by atoms with van der Waals surface area (Å²) in [6, 6.07) is 9.94. The summed E-state index contributed by atoms with van der Waals surface area (Å²) in [5.41, 5.74) is 2.28. The van der Waals surface area contributed by atoms with E-state index in [2.05, 4.69) is 18.3 Å². The molecule has 1 aromatic carbocycles. The minimum Gasteiger partial charge on any atom is -0.497 e. The first kappa shape index (κ1) is 15.6. The minimum absolute atomic E-state index is 0.476. The third kappa shape index (κ3) is 4.62. The highest BCUT2D eigenvalue weighted by Crippen LogP contribution is 2.17. The zero-order chi connectivity index (χ0) is 15.1. The van der Waals surface area contributed by atoms with Crippen molar-refractivity contribution in [3.05, 3.63) is 53.0 Å². The normalized spacial score (nSPS) is 10.8. The first-order valence-corrected chi connectivity index (χ1v) is 7.22.